The summed E-state index contributed by atoms with van der Waals surface area (Å²) >= 11 is 0. The molecule has 0 atom stereocenters. The average molecular weight is 232 g/mol. The Hall–Kier alpha value is -2.37. The molecule has 6 nitrogen and oxygen atoms in total. The fourth-order valence-corrected chi connectivity index (χ4v) is 1.58. The van der Waals surface area contributed by atoms with Crippen molar-refractivity contribution in [1.29, 1.82) is 0 Å². The van der Waals surface area contributed by atoms with Gasteiger partial charge in [-0.2, -0.15) is 0 Å². The molecule has 17 heavy (non-hydrogen) atoms. The van der Waals surface area contributed by atoms with Gasteiger partial charge in [0.05, 0.1) is 23.5 Å². The first-order valence-corrected chi connectivity index (χ1v) is 5.13. The molecule has 2 aromatic rings. The van der Waals surface area contributed by atoms with Gasteiger partial charge in [-0.05, 0) is 13.0 Å². The molecule has 0 saturated heterocycles. The smallest absolute Gasteiger partial charge is 0.274 e. The van der Waals surface area contributed by atoms with Gasteiger partial charge >= 0.3 is 0 Å². The number of nitro benzene ring substituents is 1. The Morgan fingerprint density at radius 3 is 3.00 bits per heavy atom. The third-order valence-electron chi connectivity index (χ3n) is 2.53. The van der Waals surface area contributed by atoms with Gasteiger partial charge in [0, 0.05) is 23.5 Å². The number of aromatic nitrogens is 2. The number of nitro groups is 1. The van der Waals surface area contributed by atoms with Gasteiger partial charge in [-0.25, -0.2) is 4.98 Å². The minimum Gasteiger partial charge on any atom is -0.379 e. The summed E-state index contributed by atoms with van der Waals surface area (Å²) in [6, 6.07) is 4.98. The third kappa shape index (κ3) is 2.41. The Bertz CT molecular complexity index is 522. The predicted octanol–water partition coefficient (Wildman–Crippen LogP) is 2.24. The highest BCUT2D eigenvalue weighted by molar-refractivity contribution is 5.59. The van der Waals surface area contributed by atoms with Crippen LogP contribution in [-0.4, -0.2) is 14.9 Å². The molecule has 0 aliphatic carbocycles. The van der Waals surface area contributed by atoms with Gasteiger partial charge in [-0.15, -0.1) is 0 Å². The van der Waals surface area contributed by atoms with Crippen LogP contribution >= 0.6 is 0 Å². The van der Waals surface area contributed by atoms with E-state index >= 15 is 0 Å². The fourth-order valence-electron chi connectivity index (χ4n) is 1.58. The monoisotopic (exact) mass is 232 g/mol. The molecule has 0 saturated carbocycles. The highest BCUT2D eigenvalue weighted by Crippen LogP contribution is 2.25. The molecule has 6 heteroatoms. The van der Waals surface area contributed by atoms with Crippen LogP contribution in [0.2, 0.25) is 0 Å². The van der Waals surface area contributed by atoms with Gasteiger partial charge in [0.15, 0.2) is 0 Å². The summed E-state index contributed by atoms with van der Waals surface area (Å²) in [4.78, 5) is 17.2. The number of hydrogen-bond acceptors (Lipinski definition) is 4. The lowest BCUT2D eigenvalue weighted by Crippen LogP contribution is -2.02. The van der Waals surface area contributed by atoms with Crippen molar-refractivity contribution in [3.8, 4) is 0 Å². The summed E-state index contributed by atoms with van der Waals surface area (Å²) in [6.07, 6.45) is 3.30. The molecule has 1 aromatic carbocycles. The van der Waals surface area contributed by atoms with Crippen LogP contribution in [0.1, 0.15) is 11.3 Å². The van der Waals surface area contributed by atoms with Gasteiger partial charge in [-0.1, -0.05) is 6.07 Å². The molecular formula is C11H12N4O2. The fraction of sp³-hybridized carbons (Fsp3) is 0.182. The minimum absolute atomic E-state index is 0.125. The summed E-state index contributed by atoms with van der Waals surface area (Å²) in [7, 11) is 0. The Morgan fingerprint density at radius 2 is 2.35 bits per heavy atom. The van der Waals surface area contributed by atoms with Gasteiger partial charge in [0.1, 0.15) is 0 Å². The molecule has 0 aliphatic heterocycles. The van der Waals surface area contributed by atoms with E-state index in [1.807, 2.05) is 6.07 Å². The van der Waals surface area contributed by atoms with E-state index in [0.29, 0.717) is 12.1 Å². The van der Waals surface area contributed by atoms with Crippen LogP contribution < -0.4 is 5.32 Å². The second-order valence-corrected chi connectivity index (χ2v) is 3.64. The molecule has 0 bridgehead atoms. The second kappa shape index (κ2) is 4.65. The maximum atomic E-state index is 10.8. The molecule has 0 aliphatic rings. The van der Waals surface area contributed by atoms with Crippen LogP contribution in [0.4, 0.5) is 11.4 Å². The topological polar surface area (TPSA) is 83.8 Å². The zero-order valence-corrected chi connectivity index (χ0v) is 9.30. The van der Waals surface area contributed by atoms with Crippen LogP contribution in [0.5, 0.6) is 0 Å². The van der Waals surface area contributed by atoms with Gasteiger partial charge in [-0.3, -0.25) is 10.1 Å². The molecule has 0 spiro atoms. The Labute approximate surface area is 97.9 Å². The van der Waals surface area contributed by atoms with Crippen molar-refractivity contribution in [1.82, 2.24) is 9.97 Å². The van der Waals surface area contributed by atoms with Crippen molar-refractivity contribution in [3.05, 3.63) is 52.1 Å². The molecule has 0 amide bonds. The zero-order valence-electron chi connectivity index (χ0n) is 9.30. The quantitative estimate of drug-likeness (QED) is 0.625. The van der Waals surface area contributed by atoms with Gasteiger partial charge < -0.3 is 10.3 Å². The number of H-pyrrole nitrogens is 1. The third-order valence-corrected chi connectivity index (χ3v) is 2.53. The van der Waals surface area contributed by atoms with E-state index in [-0.39, 0.29) is 10.6 Å². The standard InChI is InChI=1S/C11H12N4O2/c1-8-10(3-2-4-11(8)15(16)17)13-6-9-5-12-7-14-9/h2-5,7,13H,6H2,1H3,(H,12,14). The lowest BCUT2D eigenvalue weighted by Gasteiger charge is -2.08. The van der Waals surface area contributed by atoms with Crippen molar-refractivity contribution in [2.45, 2.75) is 13.5 Å². The van der Waals surface area contributed by atoms with Crippen LogP contribution in [0.25, 0.3) is 0 Å². The van der Waals surface area contributed by atoms with E-state index in [0.717, 1.165) is 11.4 Å². The first-order chi connectivity index (χ1) is 8.18. The number of imidazole rings is 1. The number of hydrogen-bond donors (Lipinski definition) is 2. The lowest BCUT2D eigenvalue weighted by atomic mass is 10.1. The first-order valence-electron chi connectivity index (χ1n) is 5.13. The van der Waals surface area contributed by atoms with E-state index in [1.54, 1.807) is 25.5 Å². The maximum Gasteiger partial charge on any atom is 0.274 e. The number of aromatic amines is 1. The van der Waals surface area contributed by atoms with E-state index in [2.05, 4.69) is 15.3 Å². The van der Waals surface area contributed by atoms with Crippen LogP contribution in [0, 0.1) is 17.0 Å². The highest BCUT2D eigenvalue weighted by Gasteiger charge is 2.12. The Kier molecular flexibility index (Phi) is 3.04. The molecule has 0 unspecified atom stereocenters. The van der Waals surface area contributed by atoms with E-state index in [4.69, 9.17) is 0 Å². The number of benzene rings is 1. The van der Waals surface area contributed by atoms with Crippen molar-refractivity contribution >= 4 is 11.4 Å². The number of nitrogens with zero attached hydrogens (tertiary/aromatic N) is 2. The summed E-state index contributed by atoms with van der Waals surface area (Å²) < 4.78 is 0. The number of anilines is 1. The van der Waals surface area contributed by atoms with Crippen LogP contribution in [0.15, 0.2) is 30.7 Å². The minimum atomic E-state index is -0.378. The van der Waals surface area contributed by atoms with Crippen molar-refractivity contribution < 1.29 is 4.92 Å². The van der Waals surface area contributed by atoms with Crippen molar-refractivity contribution in [3.63, 3.8) is 0 Å². The van der Waals surface area contributed by atoms with Crippen LogP contribution in [-0.2, 0) is 6.54 Å². The van der Waals surface area contributed by atoms with E-state index in [1.165, 1.54) is 6.07 Å². The zero-order chi connectivity index (χ0) is 12.3. The Balaban J connectivity index is 2.16. The normalized spacial score (nSPS) is 10.2. The van der Waals surface area contributed by atoms with Crippen molar-refractivity contribution in [2.75, 3.05) is 5.32 Å². The van der Waals surface area contributed by atoms with Crippen molar-refractivity contribution in [2.24, 2.45) is 0 Å². The highest BCUT2D eigenvalue weighted by atomic mass is 16.6. The van der Waals surface area contributed by atoms with Gasteiger partial charge in [0.2, 0.25) is 0 Å². The van der Waals surface area contributed by atoms with E-state index in [9.17, 15) is 10.1 Å². The molecule has 88 valence electrons. The largest absolute Gasteiger partial charge is 0.379 e. The van der Waals surface area contributed by atoms with Crippen LogP contribution in [0.3, 0.4) is 0 Å². The maximum absolute atomic E-state index is 10.8. The SMILES string of the molecule is Cc1c(NCc2cnc[nH]2)cccc1[N+](=O)[O-]. The molecule has 0 fully saturated rings. The van der Waals surface area contributed by atoms with E-state index < -0.39 is 0 Å². The number of nitrogens with one attached hydrogen (secondary N) is 2. The molecule has 1 heterocycles. The summed E-state index contributed by atoms with van der Waals surface area (Å²) in [6.45, 7) is 2.29. The second-order valence-electron chi connectivity index (χ2n) is 3.64. The Morgan fingerprint density at radius 1 is 1.53 bits per heavy atom. The molecule has 0 radical (unpaired) electrons. The summed E-state index contributed by atoms with van der Waals surface area (Å²) in [5.41, 5.74) is 2.45. The molecular weight excluding hydrogens is 220 g/mol. The average Bonchev–Trinajstić information content (AvgIpc) is 2.80. The van der Waals surface area contributed by atoms with Gasteiger partial charge in [0.25, 0.3) is 5.69 Å². The predicted molar refractivity (Wildman–Crippen MR) is 63.7 cm³/mol. The first kappa shape index (κ1) is 11.1. The molecule has 2 rings (SSSR count). The molecule has 2 N–H and O–H groups in total. The lowest BCUT2D eigenvalue weighted by molar-refractivity contribution is -0.385. The number of rotatable bonds is 4. The summed E-state index contributed by atoms with van der Waals surface area (Å²) in [5, 5.41) is 13.9. The summed E-state index contributed by atoms with van der Waals surface area (Å²) in [5.74, 6) is 0. The molecule has 1 aromatic heterocycles.